The Morgan fingerprint density at radius 2 is 1.88 bits per heavy atom. The maximum absolute atomic E-state index is 11.8. The number of aryl methyl sites for hydroxylation is 1. The van der Waals surface area contributed by atoms with E-state index in [4.69, 9.17) is 10.5 Å². The molecule has 0 heterocycles. The van der Waals surface area contributed by atoms with E-state index >= 15 is 0 Å². The van der Waals surface area contributed by atoms with Crippen LogP contribution in [0, 0.1) is 12.8 Å². The molecule has 0 spiro atoms. The molecule has 1 unspecified atom stereocenters. The lowest BCUT2D eigenvalue weighted by Crippen LogP contribution is -2.39. The number of nitrogens with one attached hydrogen (secondary N) is 2. The molecule has 2 amide bonds. The third-order valence-corrected chi connectivity index (χ3v) is 3.46. The van der Waals surface area contributed by atoms with Crippen LogP contribution < -0.4 is 21.1 Å². The van der Waals surface area contributed by atoms with Gasteiger partial charge in [-0.05, 0) is 37.8 Å². The van der Waals surface area contributed by atoms with Crippen LogP contribution in [0.5, 0.6) is 5.75 Å². The van der Waals surface area contributed by atoms with Gasteiger partial charge in [0.15, 0.2) is 0 Å². The molecule has 6 heteroatoms. The Balaban J connectivity index is 2.63. The van der Waals surface area contributed by atoms with E-state index in [9.17, 15) is 9.59 Å². The molecule has 6 nitrogen and oxygen atoms in total. The topological polar surface area (TPSA) is 93.5 Å². The van der Waals surface area contributed by atoms with E-state index in [0.29, 0.717) is 12.5 Å². The van der Waals surface area contributed by atoms with E-state index in [1.54, 1.807) is 0 Å². The molecule has 1 rings (SSSR count). The van der Waals surface area contributed by atoms with Crippen molar-refractivity contribution in [3.63, 3.8) is 0 Å². The summed E-state index contributed by atoms with van der Waals surface area (Å²) in [7, 11) is 0. The molecule has 1 aromatic rings. The molecule has 0 fully saturated rings. The highest BCUT2D eigenvalue weighted by atomic mass is 16.5. The van der Waals surface area contributed by atoms with E-state index < -0.39 is 0 Å². The van der Waals surface area contributed by atoms with Crippen LogP contribution in [0.4, 0.5) is 0 Å². The van der Waals surface area contributed by atoms with Crippen LogP contribution in [0.15, 0.2) is 18.2 Å². The van der Waals surface area contributed by atoms with Crippen LogP contribution in [0.3, 0.4) is 0 Å². The fourth-order valence-electron chi connectivity index (χ4n) is 2.35. The molecular weight excluding hydrogens is 306 g/mol. The van der Waals surface area contributed by atoms with Gasteiger partial charge in [-0.3, -0.25) is 9.59 Å². The Hall–Kier alpha value is -2.08. The van der Waals surface area contributed by atoms with Crippen LogP contribution in [-0.4, -0.2) is 31.0 Å². The van der Waals surface area contributed by atoms with Gasteiger partial charge in [0.1, 0.15) is 5.75 Å². The number of amides is 2. The van der Waals surface area contributed by atoms with Crippen LogP contribution in [0.25, 0.3) is 0 Å². The highest BCUT2D eigenvalue weighted by molar-refractivity contribution is 5.85. The maximum Gasteiger partial charge on any atom is 0.239 e. The van der Waals surface area contributed by atoms with Gasteiger partial charge in [0, 0.05) is 12.1 Å². The first-order valence-electron chi connectivity index (χ1n) is 8.31. The summed E-state index contributed by atoms with van der Waals surface area (Å²) < 4.78 is 6.05. The van der Waals surface area contributed by atoms with Crippen molar-refractivity contribution in [2.75, 3.05) is 13.1 Å². The summed E-state index contributed by atoms with van der Waals surface area (Å²) in [6, 6.07) is 5.91. The van der Waals surface area contributed by atoms with Crippen molar-refractivity contribution in [1.29, 1.82) is 0 Å². The largest absolute Gasteiger partial charge is 0.490 e. The number of hydrogen-bond donors (Lipinski definition) is 3. The number of carbonyl (C=O) groups excluding carboxylic acids is 2. The van der Waals surface area contributed by atoms with E-state index in [1.165, 1.54) is 0 Å². The second-order valence-electron chi connectivity index (χ2n) is 6.43. The molecule has 0 saturated carbocycles. The van der Waals surface area contributed by atoms with Gasteiger partial charge >= 0.3 is 0 Å². The summed E-state index contributed by atoms with van der Waals surface area (Å²) in [5.41, 5.74) is 7.19. The lowest BCUT2D eigenvalue weighted by atomic mass is 10.1. The number of rotatable bonds is 9. The molecule has 0 aliphatic heterocycles. The number of carbonyl (C=O) groups is 2. The fraction of sp³-hybridized carbons (Fsp3) is 0.556. The van der Waals surface area contributed by atoms with Crippen molar-refractivity contribution in [2.24, 2.45) is 11.7 Å². The molecule has 0 aliphatic carbocycles. The number of hydrogen-bond acceptors (Lipinski definition) is 4. The zero-order chi connectivity index (χ0) is 18.1. The van der Waals surface area contributed by atoms with Crippen molar-refractivity contribution in [3.05, 3.63) is 29.3 Å². The molecular formula is C18H29N3O3. The van der Waals surface area contributed by atoms with Crippen molar-refractivity contribution >= 4 is 11.8 Å². The molecule has 0 aliphatic rings. The summed E-state index contributed by atoms with van der Waals surface area (Å²) in [4.78, 5) is 22.8. The first kappa shape index (κ1) is 20.0. The molecule has 0 bridgehead atoms. The first-order chi connectivity index (χ1) is 11.3. The normalized spacial score (nSPS) is 11.9. The monoisotopic (exact) mass is 335 g/mol. The van der Waals surface area contributed by atoms with Gasteiger partial charge in [-0.15, -0.1) is 0 Å². The molecule has 1 atom stereocenters. The van der Waals surface area contributed by atoms with Crippen molar-refractivity contribution in [1.82, 2.24) is 10.6 Å². The highest BCUT2D eigenvalue weighted by Crippen LogP contribution is 2.23. The quantitative estimate of drug-likeness (QED) is 0.637. The van der Waals surface area contributed by atoms with E-state index in [2.05, 4.69) is 24.5 Å². The molecule has 1 aromatic carbocycles. The second-order valence-corrected chi connectivity index (χ2v) is 6.43. The molecule has 24 heavy (non-hydrogen) atoms. The average Bonchev–Trinajstić information content (AvgIpc) is 2.50. The average molecular weight is 335 g/mol. The van der Waals surface area contributed by atoms with Gasteiger partial charge in [-0.25, -0.2) is 0 Å². The predicted octanol–water partition coefficient (Wildman–Crippen LogP) is 1.50. The van der Waals surface area contributed by atoms with E-state index in [1.807, 2.05) is 32.0 Å². The van der Waals surface area contributed by atoms with Gasteiger partial charge in [0.25, 0.3) is 0 Å². The number of nitrogens with two attached hydrogens (primary N) is 1. The standard InChI is InChI=1S/C18H29N3O3/c1-12(2)7-14(4)24-16-8-13(3)5-6-15(16)10-20-18(23)11-21-17(22)9-19/h5-6,8,12,14H,7,9-11,19H2,1-4H3,(H,20,23)(H,21,22). The highest BCUT2D eigenvalue weighted by Gasteiger charge is 2.12. The Labute approximate surface area is 144 Å². The lowest BCUT2D eigenvalue weighted by Gasteiger charge is -2.20. The Kier molecular flexibility index (Phi) is 8.26. The molecule has 134 valence electrons. The molecule has 0 saturated heterocycles. The molecule has 0 aromatic heterocycles. The predicted molar refractivity (Wildman–Crippen MR) is 94.6 cm³/mol. The summed E-state index contributed by atoms with van der Waals surface area (Å²) >= 11 is 0. The second kappa shape index (κ2) is 9.93. The Bertz CT molecular complexity index is 558. The third kappa shape index (κ3) is 7.46. The zero-order valence-corrected chi connectivity index (χ0v) is 15.0. The van der Waals surface area contributed by atoms with Gasteiger partial charge in [-0.2, -0.15) is 0 Å². The summed E-state index contributed by atoms with van der Waals surface area (Å²) in [6.07, 6.45) is 1.07. The van der Waals surface area contributed by atoms with Gasteiger partial charge in [-0.1, -0.05) is 26.0 Å². The summed E-state index contributed by atoms with van der Waals surface area (Å²) in [5, 5.41) is 5.22. The van der Waals surface area contributed by atoms with Crippen molar-refractivity contribution in [2.45, 2.75) is 46.8 Å². The number of ether oxygens (including phenoxy) is 1. The third-order valence-electron chi connectivity index (χ3n) is 3.46. The van der Waals surface area contributed by atoms with Gasteiger partial charge in [0.2, 0.25) is 11.8 Å². The minimum Gasteiger partial charge on any atom is -0.490 e. The van der Waals surface area contributed by atoms with Crippen LogP contribution in [-0.2, 0) is 16.1 Å². The van der Waals surface area contributed by atoms with Gasteiger partial charge < -0.3 is 21.1 Å². The van der Waals surface area contributed by atoms with Crippen LogP contribution in [0.1, 0.15) is 38.3 Å². The zero-order valence-electron chi connectivity index (χ0n) is 15.0. The minimum atomic E-state index is -0.355. The molecule has 0 radical (unpaired) electrons. The summed E-state index contributed by atoms with van der Waals surface area (Å²) in [5.74, 6) is 0.721. The minimum absolute atomic E-state index is 0.0815. The van der Waals surface area contributed by atoms with E-state index in [-0.39, 0.29) is 31.0 Å². The van der Waals surface area contributed by atoms with Crippen molar-refractivity contribution in [3.8, 4) is 5.75 Å². The summed E-state index contributed by atoms with van der Waals surface area (Å²) in [6.45, 7) is 8.51. The SMILES string of the molecule is Cc1ccc(CNC(=O)CNC(=O)CN)c(OC(C)CC(C)C)c1. The van der Waals surface area contributed by atoms with Gasteiger partial charge in [0.05, 0.1) is 19.2 Å². The van der Waals surface area contributed by atoms with Crippen molar-refractivity contribution < 1.29 is 14.3 Å². The van der Waals surface area contributed by atoms with Crippen LogP contribution >= 0.6 is 0 Å². The van der Waals surface area contributed by atoms with Crippen LogP contribution in [0.2, 0.25) is 0 Å². The Morgan fingerprint density at radius 1 is 1.17 bits per heavy atom. The Morgan fingerprint density at radius 3 is 2.50 bits per heavy atom. The first-order valence-corrected chi connectivity index (χ1v) is 8.31. The van der Waals surface area contributed by atoms with E-state index in [0.717, 1.165) is 23.3 Å². The smallest absolute Gasteiger partial charge is 0.239 e. The molecule has 4 N–H and O–H groups in total. The number of benzene rings is 1. The lowest BCUT2D eigenvalue weighted by molar-refractivity contribution is -0.125. The fourth-order valence-corrected chi connectivity index (χ4v) is 2.35. The maximum atomic E-state index is 11.8.